The molecule has 3 rings (SSSR count). The molecule has 3 aromatic rings. The summed E-state index contributed by atoms with van der Waals surface area (Å²) in [5, 5.41) is 7.25. The highest BCUT2D eigenvalue weighted by molar-refractivity contribution is 7.80. The molecular weight excluding hydrogens is 378 g/mol. The topological polar surface area (TPSA) is 78.1 Å². The largest absolute Gasteiger partial charge is 0.350 e. The van der Waals surface area contributed by atoms with E-state index in [2.05, 4.69) is 33.4 Å². The van der Waals surface area contributed by atoms with Crippen LogP contribution in [0, 0.1) is 0 Å². The lowest BCUT2D eigenvalue weighted by Gasteiger charge is -2.16. The first-order valence-electron chi connectivity index (χ1n) is 8.63. The number of nitrogens with zero attached hydrogens (tertiary/aromatic N) is 1. The van der Waals surface area contributed by atoms with E-state index in [0.29, 0.717) is 10.2 Å². The van der Waals surface area contributed by atoms with Gasteiger partial charge in [-0.1, -0.05) is 48.6 Å². The number of amides is 1. The fourth-order valence-electron chi connectivity index (χ4n) is 2.52. The van der Waals surface area contributed by atoms with Crippen LogP contribution in [0.2, 0.25) is 0 Å². The van der Waals surface area contributed by atoms with Gasteiger partial charge in [0, 0.05) is 5.69 Å². The number of nitrogens with one attached hydrogen (secondary N) is 4. The second-order valence-electron chi connectivity index (χ2n) is 5.93. The highest BCUT2D eigenvalue weighted by Crippen LogP contribution is 2.25. The molecule has 2 aromatic carbocycles. The number of fused-ring (bicyclic) bond motifs is 1. The Kier molecular flexibility index (Phi) is 6.20. The Labute approximate surface area is 167 Å². The van der Waals surface area contributed by atoms with Crippen molar-refractivity contribution in [2.75, 3.05) is 10.6 Å². The minimum atomic E-state index is -0.469. The highest BCUT2D eigenvalue weighted by Gasteiger charge is 2.15. The maximum atomic E-state index is 12.3. The average Bonchev–Trinajstić information content (AvgIpc) is 3.08. The lowest BCUT2D eigenvalue weighted by Crippen LogP contribution is -2.49. The van der Waals surface area contributed by atoms with Gasteiger partial charge in [-0.15, -0.1) is 0 Å². The van der Waals surface area contributed by atoms with Crippen molar-refractivity contribution < 1.29 is 4.79 Å². The van der Waals surface area contributed by atoms with Gasteiger partial charge in [0.15, 0.2) is 10.2 Å². The van der Waals surface area contributed by atoms with Crippen molar-refractivity contribution in [3.63, 3.8) is 0 Å². The SMILES string of the molecule is CCc1ccccc1NC(=S)NNC(=O)[C@@H](C)Nc1nc2ccccc2s1. The molecule has 1 aromatic heterocycles. The van der Waals surface area contributed by atoms with Crippen molar-refractivity contribution in [1.82, 2.24) is 15.8 Å². The molecule has 0 aliphatic heterocycles. The summed E-state index contributed by atoms with van der Waals surface area (Å²) in [5.74, 6) is -0.234. The van der Waals surface area contributed by atoms with Gasteiger partial charge in [0.1, 0.15) is 6.04 Å². The lowest BCUT2D eigenvalue weighted by atomic mass is 10.1. The zero-order valence-electron chi connectivity index (χ0n) is 15.1. The summed E-state index contributed by atoms with van der Waals surface area (Å²) in [7, 11) is 0. The maximum absolute atomic E-state index is 12.3. The van der Waals surface area contributed by atoms with Crippen LogP contribution in [0.25, 0.3) is 10.2 Å². The number of anilines is 2. The summed E-state index contributed by atoms with van der Waals surface area (Å²) in [4.78, 5) is 16.8. The standard InChI is InChI=1S/C19H21N5OS2/c1-3-13-8-4-5-9-14(13)21-18(26)24-23-17(25)12(2)20-19-22-15-10-6-7-11-16(15)27-19/h4-12H,3H2,1-2H3,(H,20,22)(H,23,25)(H2,21,24,26)/t12-/m1/s1. The Morgan fingerprint density at radius 2 is 1.89 bits per heavy atom. The molecule has 0 radical (unpaired) electrons. The van der Waals surface area contributed by atoms with Crippen LogP contribution in [0.15, 0.2) is 48.5 Å². The Morgan fingerprint density at radius 3 is 2.67 bits per heavy atom. The molecule has 0 saturated heterocycles. The van der Waals surface area contributed by atoms with Crippen LogP contribution >= 0.6 is 23.6 Å². The number of hydrazine groups is 1. The molecule has 1 heterocycles. The molecule has 0 unspecified atom stereocenters. The molecule has 0 aliphatic rings. The zero-order chi connectivity index (χ0) is 19.2. The van der Waals surface area contributed by atoms with Gasteiger partial charge in [-0.05, 0) is 49.3 Å². The second-order valence-corrected chi connectivity index (χ2v) is 7.37. The molecule has 1 atom stereocenters. The summed E-state index contributed by atoms with van der Waals surface area (Å²) in [6, 6.07) is 15.3. The third-order valence-corrected chi connectivity index (χ3v) is 5.14. The number of aromatic nitrogens is 1. The minimum absolute atomic E-state index is 0.234. The van der Waals surface area contributed by atoms with Crippen molar-refractivity contribution in [1.29, 1.82) is 0 Å². The molecule has 0 fully saturated rings. The summed E-state index contributed by atoms with van der Waals surface area (Å²) in [6.07, 6.45) is 0.890. The van der Waals surface area contributed by atoms with Crippen LogP contribution in [0.1, 0.15) is 19.4 Å². The van der Waals surface area contributed by atoms with Crippen LogP contribution in [0.3, 0.4) is 0 Å². The quantitative estimate of drug-likeness (QED) is 0.387. The van der Waals surface area contributed by atoms with Gasteiger partial charge in [-0.25, -0.2) is 4.98 Å². The number of carbonyl (C=O) groups is 1. The molecule has 6 nitrogen and oxygen atoms in total. The molecule has 8 heteroatoms. The van der Waals surface area contributed by atoms with Gasteiger partial charge >= 0.3 is 0 Å². The number of para-hydroxylation sites is 2. The van der Waals surface area contributed by atoms with E-state index in [1.807, 2.05) is 48.5 Å². The molecular formula is C19H21N5OS2. The molecule has 0 aliphatic carbocycles. The molecule has 0 saturated carbocycles. The summed E-state index contributed by atoms with van der Waals surface area (Å²) in [5.41, 5.74) is 8.34. The van der Waals surface area contributed by atoms with E-state index >= 15 is 0 Å². The normalized spacial score (nSPS) is 11.6. The number of hydrogen-bond acceptors (Lipinski definition) is 5. The van der Waals surface area contributed by atoms with Crippen molar-refractivity contribution in [2.45, 2.75) is 26.3 Å². The molecule has 0 spiro atoms. The van der Waals surface area contributed by atoms with Gasteiger partial charge < -0.3 is 10.6 Å². The predicted octanol–water partition coefficient (Wildman–Crippen LogP) is 3.68. The van der Waals surface area contributed by atoms with E-state index in [-0.39, 0.29) is 5.91 Å². The van der Waals surface area contributed by atoms with Crippen molar-refractivity contribution in [3.8, 4) is 0 Å². The van der Waals surface area contributed by atoms with Crippen molar-refractivity contribution >= 4 is 55.6 Å². The van der Waals surface area contributed by atoms with Crippen molar-refractivity contribution in [3.05, 3.63) is 54.1 Å². The molecule has 4 N–H and O–H groups in total. The molecule has 0 bridgehead atoms. The minimum Gasteiger partial charge on any atom is -0.350 e. The van der Waals surface area contributed by atoms with Gasteiger partial charge in [0.25, 0.3) is 5.91 Å². The van der Waals surface area contributed by atoms with Crippen molar-refractivity contribution in [2.24, 2.45) is 0 Å². The Morgan fingerprint density at radius 1 is 1.15 bits per heavy atom. The Bertz CT molecular complexity index is 923. The first kappa shape index (κ1) is 19.1. The van der Waals surface area contributed by atoms with Crippen LogP contribution < -0.4 is 21.5 Å². The maximum Gasteiger partial charge on any atom is 0.260 e. The highest BCUT2D eigenvalue weighted by atomic mass is 32.1. The summed E-state index contributed by atoms with van der Waals surface area (Å²) in [6.45, 7) is 3.85. The van der Waals surface area contributed by atoms with Crippen LogP contribution in [-0.2, 0) is 11.2 Å². The number of carbonyl (C=O) groups excluding carboxylic acids is 1. The summed E-state index contributed by atoms with van der Waals surface area (Å²) < 4.78 is 1.07. The fraction of sp³-hybridized carbons (Fsp3) is 0.211. The number of rotatable bonds is 5. The van der Waals surface area contributed by atoms with Gasteiger partial charge in [-0.2, -0.15) is 0 Å². The lowest BCUT2D eigenvalue weighted by molar-refractivity contribution is -0.122. The first-order chi connectivity index (χ1) is 13.1. The van der Waals surface area contributed by atoms with Gasteiger partial charge in [0.05, 0.1) is 10.2 Å². The molecule has 140 valence electrons. The van der Waals surface area contributed by atoms with Gasteiger partial charge in [0.2, 0.25) is 0 Å². The number of thiocarbonyl (C=S) groups is 1. The predicted molar refractivity (Wildman–Crippen MR) is 116 cm³/mol. The van der Waals surface area contributed by atoms with Crippen LogP contribution in [0.4, 0.5) is 10.8 Å². The van der Waals surface area contributed by atoms with Crippen LogP contribution in [-0.4, -0.2) is 22.0 Å². The van der Waals surface area contributed by atoms with E-state index in [1.54, 1.807) is 6.92 Å². The molecule has 1 amide bonds. The Hall–Kier alpha value is -2.71. The number of aryl methyl sites for hydroxylation is 1. The van der Waals surface area contributed by atoms with E-state index in [4.69, 9.17) is 12.2 Å². The third-order valence-electron chi connectivity index (χ3n) is 3.97. The third kappa shape index (κ3) is 4.93. The zero-order valence-corrected chi connectivity index (χ0v) is 16.7. The fourth-order valence-corrected chi connectivity index (χ4v) is 3.63. The second kappa shape index (κ2) is 8.79. The Balaban J connectivity index is 1.51. The number of thiazole rings is 1. The van der Waals surface area contributed by atoms with Crippen LogP contribution in [0.5, 0.6) is 0 Å². The summed E-state index contributed by atoms with van der Waals surface area (Å²) >= 11 is 6.77. The average molecular weight is 400 g/mol. The van der Waals surface area contributed by atoms with Gasteiger partial charge in [-0.3, -0.25) is 15.6 Å². The monoisotopic (exact) mass is 399 g/mol. The van der Waals surface area contributed by atoms with E-state index in [9.17, 15) is 4.79 Å². The number of benzene rings is 2. The van der Waals surface area contributed by atoms with E-state index in [1.165, 1.54) is 11.3 Å². The van der Waals surface area contributed by atoms with E-state index in [0.717, 1.165) is 27.9 Å². The van der Waals surface area contributed by atoms with E-state index < -0.39 is 6.04 Å². The molecule has 27 heavy (non-hydrogen) atoms. The first-order valence-corrected chi connectivity index (χ1v) is 9.86. The number of hydrogen-bond donors (Lipinski definition) is 4. The smallest absolute Gasteiger partial charge is 0.260 e.